The maximum atomic E-state index is 13.6. The first-order valence-electron chi connectivity index (χ1n) is 11.8. The Balaban J connectivity index is 1.62. The van der Waals surface area contributed by atoms with Crippen molar-refractivity contribution < 1.29 is 14.3 Å². The van der Waals surface area contributed by atoms with Crippen molar-refractivity contribution in [3.8, 4) is 0 Å². The number of Topliss-reactive ketones (excluding diaryl/α,β-unsaturated/α-hetero) is 1. The molecule has 1 aliphatic carbocycles. The fraction of sp³-hybridized carbons (Fsp3) is 0.276. The molecule has 5 nitrogen and oxygen atoms in total. The number of H-pyrrole nitrogens is 1. The molecule has 178 valence electrons. The molecule has 5 rings (SSSR count). The fourth-order valence-electron chi connectivity index (χ4n) is 4.70. The van der Waals surface area contributed by atoms with E-state index in [0.717, 1.165) is 45.5 Å². The van der Waals surface area contributed by atoms with E-state index in [1.54, 1.807) is 29.7 Å². The van der Waals surface area contributed by atoms with Crippen molar-refractivity contribution in [2.24, 2.45) is 11.3 Å². The summed E-state index contributed by atoms with van der Waals surface area (Å²) < 4.78 is 5.60. The molecule has 0 aliphatic heterocycles. The molecule has 0 bridgehead atoms. The third-order valence-corrected chi connectivity index (χ3v) is 7.55. The Bertz CT molecular complexity index is 1410. The minimum atomic E-state index is -0.482. The molecule has 1 aromatic carbocycles. The van der Waals surface area contributed by atoms with Crippen LogP contribution in [0.4, 0.5) is 0 Å². The molecule has 0 fully saturated rings. The maximum absolute atomic E-state index is 13.6. The topological polar surface area (TPSA) is 72.0 Å². The maximum Gasteiger partial charge on any atom is 0.339 e. The van der Waals surface area contributed by atoms with Gasteiger partial charge in [-0.05, 0) is 71.0 Å². The number of thiophene rings is 1. The first-order chi connectivity index (χ1) is 16.8. The Morgan fingerprint density at radius 1 is 1.11 bits per heavy atom. The molecular formula is C29H28N2O3S. The average molecular weight is 485 g/mol. The number of benzene rings is 1. The van der Waals surface area contributed by atoms with E-state index in [9.17, 15) is 9.59 Å². The molecule has 0 radical (unpaired) electrons. The fourth-order valence-corrected chi connectivity index (χ4v) is 5.38. The van der Waals surface area contributed by atoms with Gasteiger partial charge in [0.2, 0.25) is 5.78 Å². The summed E-state index contributed by atoms with van der Waals surface area (Å²) in [4.78, 5) is 35.1. The zero-order valence-corrected chi connectivity index (χ0v) is 20.9. The standard InChI is InChI=1S/C29H28N2O3S/c1-29(2,3)19-14-18(15-20-8-7-13-35-20)27-22(16-19)26(21-9-4-5-10-23(21)31-27)28(33)34-17-25(32)24-11-6-12-30-24/h4-13,15,19,30H,14,16-17H2,1-3H3. The van der Waals surface area contributed by atoms with Gasteiger partial charge >= 0.3 is 5.97 Å². The van der Waals surface area contributed by atoms with Crippen LogP contribution in [-0.4, -0.2) is 28.3 Å². The molecule has 35 heavy (non-hydrogen) atoms. The van der Waals surface area contributed by atoms with E-state index >= 15 is 0 Å². The molecule has 1 aliphatic rings. The van der Waals surface area contributed by atoms with Crippen molar-refractivity contribution in [1.82, 2.24) is 9.97 Å². The third-order valence-electron chi connectivity index (χ3n) is 6.74. The van der Waals surface area contributed by atoms with Gasteiger partial charge in [0, 0.05) is 16.5 Å². The molecule has 0 spiro atoms. The second kappa shape index (κ2) is 9.27. The summed E-state index contributed by atoms with van der Waals surface area (Å²) in [6.07, 6.45) is 5.50. The van der Waals surface area contributed by atoms with Gasteiger partial charge in [-0.25, -0.2) is 9.78 Å². The number of ether oxygens (including phenoxy) is 1. The molecule has 1 N–H and O–H groups in total. The van der Waals surface area contributed by atoms with Crippen LogP contribution in [0.3, 0.4) is 0 Å². The Hall–Kier alpha value is -3.51. The Morgan fingerprint density at radius 3 is 2.66 bits per heavy atom. The van der Waals surface area contributed by atoms with Gasteiger partial charge < -0.3 is 9.72 Å². The normalized spacial score (nSPS) is 16.9. The quantitative estimate of drug-likeness (QED) is 0.249. The zero-order chi connectivity index (χ0) is 24.6. The van der Waals surface area contributed by atoms with Crippen LogP contribution in [0.5, 0.6) is 0 Å². The summed E-state index contributed by atoms with van der Waals surface area (Å²) in [5.74, 6) is -0.414. The second-order valence-corrected chi connectivity index (χ2v) is 11.0. The molecule has 0 saturated carbocycles. The minimum Gasteiger partial charge on any atom is -0.454 e. The highest BCUT2D eigenvalue weighted by Gasteiger charge is 2.35. The summed E-state index contributed by atoms with van der Waals surface area (Å²) in [7, 11) is 0. The number of fused-ring (bicyclic) bond motifs is 2. The molecule has 3 heterocycles. The molecule has 4 aromatic rings. The minimum absolute atomic E-state index is 0.0443. The number of carbonyl (C=O) groups excluding carboxylic acids is 2. The number of rotatable bonds is 5. The largest absolute Gasteiger partial charge is 0.454 e. The van der Waals surface area contributed by atoms with E-state index in [0.29, 0.717) is 17.2 Å². The summed E-state index contributed by atoms with van der Waals surface area (Å²) in [6, 6.07) is 15.2. The number of aromatic nitrogens is 2. The van der Waals surface area contributed by atoms with Crippen LogP contribution in [0, 0.1) is 11.3 Å². The highest BCUT2D eigenvalue weighted by Crippen LogP contribution is 2.45. The lowest BCUT2D eigenvalue weighted by atomic mass is 9.69. The number of para-hydroxylation sites is 1. The number of nitrogens with zero attached hydrogens (tertiary/aromatic N) is 1. The number of aromatic amines is 1. The van der Waals surface area contributed by atoms with Crippen molar-refractivity contribution in [2.75, 3.05) is 6.61 Å². The molecule has 3 aromatic heterocycles. The van der Waals surface area contributed by atoms with Crippen LogP contribution in [0.15, 0.2) is 60.1 Å². The van der Waals surface area contributed by atoms with Crippen LogP contribution >= 0.6 is 11.3 Å². The summed E-state index contributed by atoms with van der Waals surface area (Å²) in [6.45, 7) is 6.41. The van der Waals surface area contributed by atoms with E-state index < -0.39 is 5.97 Å². The highest BCUT2D eigenvalue weighted by molar-refractivity contribution is 7.10. The molecule has 0 amide bonds. The van der Waals surface area contributed by atoms with Crippen molar-refractivity contribution in [1.29, 1.82) is 0 Å². The highest BCUT2D eigenvalue weighted by atomic mass is 32.1. The summed E-state index contributed by atoms with van der Waals surface area (Å²) >= 11 is 1.69. The van der Waals surface area contributed by atoms with Gasteiger partial charge in [-0.3, -0.25) is 4.79 Å². The van der Waals surface area contributed by atoms with Gasteiger partial charge in [0.05, 0.1) is 22.5 Å². The number of esters is 1. The number of pyridine rings is 1. The predicted octanol–water partition coefficient (Wildman–Crippen LogP) is 6.81. The van der Waals surface area contributed by atoms with Crippen LogP contribution < -0.4 is 0 Å². The Kier molecular flexibility index (Phi) is 6.15. The monoisotopic (exact) mass is 484 g/mol. The number of hydrogen-bond acceptors (Lipinski definition) is 5. The van der Waals surface area contributed by atoms with Gasteiger partial charge in [0.1, 0.15) is 0 Å². The van der Waals surface area contributed by atoms with Crippen LogP contribution in [0.2, 0.25) is 0 Å². The van der Waals surface area contributed by atoms with Crippen LogP contribution in [-0.2, 0) is 11.2 Å². The summed E-state index contributed by atoms with van der Waals surface area (Å²) in [5, 5.41) is 2.82. The van der Waals surface area contributed by atoms with E-state index in [2.05, 4.69) is 43.3 Å². The molecular weight excluding hydrogens is 456 g/mol. The SMILES string of the molecule is CC(C)(C)C1CC(=Cc2cccs2)c2nc3ccccc3c(C(=O)OCC(=O)c3ccc[nH]3)c2C1. The lowest BCUT2D eigenvalue weighted by Gasteiger charge is -2.36. The molecule has 1 atom stereocenters. The van der Waals surface area contributed by atoms with Crippen LogP contribution in [0.25, 0.3) is 22.6 Å². The smallest absolute Gasteiger partial charge is 0.339 e. The number of nitrogens with one attached hydrogen (secondary N) is 1. The van der Waals surface area contributed by atoms with Crippen molar-refractivity contribution in [2.45, 2.75) is 33.6 Å². The lowest BCUT2D eigenvalue weighted by molar-refractivity contribution is 0.0473. The number of carbonyl (C=O) groups is 2. The van der Waals surface area contributed by atoms with E-state index in [1.165, 1.54) is 0 Å². The van der Waals surface area contributed by atoms with Gasteiger partial charge in [-0.15, -0.1) is 11.3 Å². The van der Waals surface area contributed by atoms with E-state index in [4.69, 9.17) is 9.72 Å². The average Bonchev–Trinajstić information content (AvgIpc) is 3.55. The summed E-state index contributed by atoms with van der Waals surface area (Å²) in [5.41, 5.74) is 4.65. The first kappa shape index (κ1) is 23.2. The van der Waals surface area contributed by atoms with Crippen molar-refractivity contribution in [3.63, 3.8) is 0 Å². The van der Waals surface area contributed by atoms with E-state index in [1.807, 2.05) is 30.3 Å². The Labute approximate surface area is 208 Å². The van der Waals surface area contributed by atoms with Gasteiger partial charge in [-0.2, -0.15) is 0 Å². The van der Waals surface area contributed by atoms with Gasteiger partial charge in [0.25, 0.3) is 0 Å². The predicted molar refractivity (Wildman–Crippen MR) is 141 cm³/mol. The number of allylic oxidation sites excluding steroid dienone is 1. The first-order valence-corrected chi connectivity index (χ1v) is 12.7. The van der Waals surface area contributed by atoms with Crippen LogP contribution in [0.1, 0.15) is 64.2 Å². The number of ketones is 1. The lowest BCUT2D eigenvalue weighted by Crippen LogP contribution is -2.29. The molecule has 0 saturated heterocycles. The number of hydrogen-bond donors (Lipinski definition) is 1. The molecule has 6 heteroatoms. The third kappa shape index (κ3) is 4.71. The van der Waals surface area contributed by atoms with Gasteiger partial charge in [0.15, 0.2) is 6.61 Å². The van der Waals surface area contributed by atoms with E-state index in [-0.39, 0.29) is 17.8 Å². The Morgan fingerprint density at radius 2 is 1.94 bits per heavy atom. The van der Waals surface area contributed by atoms with Crippen molar-refractivity contribution >= 4 is 45.6 Å². The zero-order valence-electron chi connectivity index (χ0n) is 20.1. The second-order valence-electron chi connectivity index (χ2n) is 10.1. The van der Waals surface area contributed by atoms with Crippen molar-refractivity contribution in [3.05, 3.63) is 87.5 Å². The molecule has 1 unspecified atom stereocenters. The van der Waals surface area contributed by atoms with Gasteiger partial charge in [-0.1, -0.05) is 45.0 Å².